The Morgan fingerprint density at radius 2 is 2.12 bits per heavy atom. The van der Waals surface area contributed by atoms with Gasteiger partial charge in [0.25, 0.3) is 0 Å². The van der Waals surface area contributed by atoms with Crippen LogP contribution < -0.4 is 5.32 Å². The van der Waals surface area contributed by atoms with Gasteiger partial charge in [0.1, 0.15) is 0 Å². The fourth-order valence-electron chi connectivity index (χ4n) is 2.53. The van der Waals surface area contributed by atoms with E-state index in [4.69, 9.17) is 0 Å². The number of rotatable bonds is 3. The second kappa shape index (κ2) is 5.46. The molecule has 16 heavy (non-hydrogen) atoms. The van der Waals surface area contributed by atoms with Gasteiger partial charge in [-0.3, -0.25) is 0 Å². The lowest BCUT2D eigenvalue weighted by atomic mass is 9.86. The summed E-state index contributed by atoms with van der Waals surface area (Å²) in [5, 5.41) is 13.2. The first-order valence-electron chi connectivity index (χ1n) is 6.21. The van der Waals surface area contributed by atoms with Crippen LogP contribution in [-0.4, -0.2) is 23.8 Å². The molecule has 0 radical (unpaired) electrons. The van der Waals surface area contributed by atoms with Crippen LogP contribution in [0.15, 0.2) is 30.3 Å². The van der Waals surface area contributed by atoms with Gasteiger partial charge >= 0.3 is 0 Å². The zero-order valence-corrected chi connectivity index (χ0v) is 9.89. The Kier molecular flexibility index (Phi) is 3.97. The van der Waals surface area contributed by atoms with Gasteiger partial charge in [0, 0.05) is 6.04 Å². The minimum atomic E-state index is -0.166. The Bertz CT molecular complexity index is 310. The van der Waals surface area contributed by atoms with Crippen molar-refractivity contribution in [1.29, 1.82) is 0 Å². The summed E-state index contributed by atoms with van der Waals surface area (Å²) in [7, 11) is 0. The van der Waals surface area contributed by atoms with Gasteiger partial charge in [-0.25, -0.2) is 0 Å². The molecule has 0 spiro atoms. The van der Waals surface area contributed by atoms with Gasteiger partial charge < -0.3 is 10.4 Å². The molecule has 0 aromatic heterocycles. The van der Waals surface area contributed by atoms with Crippen molar-refractivity contribution < 1.29 is 5.11 Å². The van der Waals surface area contributed by atoms with Crippen molar-refractivity contribution in [2.45, 2.75) is 38.3 Å². The van der Waals surface area contributed by atoms with Crippen LogP contribution in [0.5, 0.6) is 0 Å². The molecule has 0 aliphatic carbocycles. The van der Waals surface area contributed by atoms with Crippen molar-refractivity contribution in [3.8, 4) is 0 Å². The lowest BCUT2D eigenvalue weighted by Crippen LogP contribution is -2.42. The van der Waals surface area contributed by atoms with E-state index in [0.717, 1.165) is 25.8 Å². The zero-order valence-electron chi connectivity index (χ0n) is 9.89. The first-order valence-corrected chi connectivity index (χ1v) is 6.21. The Labute approximate surface area is 97.7 Å². The van der Waals surface area contributed by atoms with Crippen molar-refractivity contribution in [3.05, 3.63) is 35.9 Å². The number of aliphatic hydroxyl groups excluding tert-OH is 1. The molecule has 88 valence electrons. The molecule has 3 unspecified atom stereocenters. The summed E-state index contributed by atoms with van der Waals surface area (Å²) in [5.41, 5.74) is 1.38. The highest BCUT2D eigenvalue weighted by molar-refractivity contribution is 5.16. The van der Waals surface area contributed by atoms with Crippen LogP contribution in [0.2, 0.25) is 0 Å². The van der Waals surface area contributed by atoms with Gasteiger partial charge in [-0.2, -0.15) is 0 Å². The predicted octanol–water partition coefficient (Wildman–Crippen LogP) is 1.98. The van der Waals surface area contributed by atoms with Gasteiger partial charge in [-0.05, 0) is 44.2 Å². The van der Waals surface area contributed by atoms with Crippen LogP contribution in [0.25, 0.3) is 0 Å². The molecule has 1 fully saturated rings. The Morgan fingerprint density at radius 1 is 1.38 bits per heavy atom. The summed E-state index contributed by atoms with van der Waals surface area (Å²) in [6.07, 6.45) is 3.10. The molecule has 0 bridgehead atoms. The van der Waals surface area contributed by atoms with E-state index < -0.39 is 0 Å². The average Bonchev–Trinajstić information content (AvgIpc) is 2.30. The maximum atomic E-state index is 9.63. The van der Waals surface area contributed by atoms with Crippen LogP contribution in [0.4, 0.5) is 0 Å². The smallest absolute Gasteiger partial charge is 0.0541 e. The molecule has 0 saturated carbocycles. The highest BCUT2D eigenvalue weighted by Crippen LogP contribution is 2.21. The van der Waals surface area contributed by atoms with E-state index in [1.807, 2.05) is 6.92 Å². The number of hydrogen-bond donors (Lipinski definition) is 2. The summed E-state index contributed by atoms with van der Waals surface area (Å²) >= 11 is 0. The second-order valence-electron chi connectivity index (χ2n) is 4.87. The second-order valence-corrected chi connectivity index (χ2v) is 4.87. The van der Waals surface area contributed by atoms with Gasteiger partial charge in [0.2, 0.25) is 0 Å². The Balaban J connectivity index is 1.90. The van der Waals surface area contributed by atoms with Crippen molar-refractivity contribution in [1.82, 2.24) is 5.32 Å². The van der Waals surface area contributed by atoms with Crippen molar-refractivity contribution in [2.75, 3.05) is 6.54 Å². The third-order valence-corrected chi connectivity index (χ3v) is 3.54. The molecule has 1 saturated heterocycles. The third kappa shape index (κ3) is 3.06. The fourth-order valence-corrected chi connectivity index (χ4v) is 2.53. The highest BCUT2D eigenvalue weighted by Gasteiger charge is 2.24. The summed E-state index contributed by atoms with van der Waals surface area (Å²) in [6.45, 7) is 2.95. The fraction of sp³-hybridized carbons (Fsp3) is 0.571. The maximum absolute atomic E-state index is 9.63. The molecule has 3 atom stereocenters. The molecule has 0 amide bonds. The van der Waals surface area contributed by atoms with Crippen LogP contribution in [0.1, 0.15) is 25.3 Å². The van der Waals surface area contributed by atoms with Crippen molar-refractivity contribution in [2.24, 2.45) is 5.92 Å². The number of hydrogen-bond acceptors (Lipinski definition) is 2. The SMILES string of the molecule is CC(O)C1CCNC(Cc2ccccc2)C1. The summed E-state index contributed by atoms with van der Waals surface area (Å²) < 4.78 is 0. The van der Waals surface area contributed by atoms with E-state index in [-0.39, 0.29) is 6.10 Å². The lowest BCUT2D eigenvalue weighted by Gasteiger charge is -2.32. The summed E-state index contributed by atoms with van der Waals surface area (Å²) in [5.74, 6) is 0.468. The van der Waals surface area contributed by atoms with E-state index in [1.54, 1.807) is 0 Å². The van der Waals surface area contributed by atoms with E-state index >= 15 is 0 Å². The largest absolute Gasteiger partial charge is 0.393 e. The normalized spacial score (nSPS) is 27.6. The number of aliphatic hydroxyl groups is 1. The molecule has 2 N–H and O–H groups in total. The molecule has 2 rings (SSSR count). The van der Waals surface area contributed by atoms with Crippen LogP contribution in [0, 0.1) is 5.92 Å². The number of piperidine rings is 1. The van der Waals surface area contributed by atoms with Gasteiger partial charge in [-0.15, -0.1) is 0 Å². The van der Waals surface area contributed by atoms with Gasteiger partial charge in [0.15, 0.2) is 0 Å². The van der Waals surface area contributed by atoms with Crippen molar-refractivity contribution >= 4 is 0 Å². The molecule has 2 nitrogen and oxygen atoms in total. The van der Waals surface area contributed by atoms with E-state index in [1.165, 1.54) is 5.56 Å². The standard InChI is InChI=1S/C14H21NO/c1-11(16)13-7-8-15-14(10-13)9-12-5-3-2-4-6-12/h2-6,11,13-16H,7-10H2,1H3. The minimum Gasteiger partial charge on any atom is -0.393 e. The highest BCUT2D eigenvalue weighted by atomic mass is 16.3. The van der Waals surface area contributed by atoms with Crippen LogP contribution >= 0.6 is 0 Å². The lowest BCUT2D eigenvalue weighted by molar-refractivity contribution is 0.0931. The monoisotopic (exact) mass is 219 g/mol. The molecular formula is C14H21NO. The van der Waals surface area contributed by atoms with Crippen molar-refractivity contribution in [3.63, 3.8) is 0 Å². The molecule has 2 heteroatoms. The molecular weight excluding hydrogens is 198 g/mol. The molecule has 1 aromatic rings. The average molecular weight is 219 g/mol. The number of nitrogens with one attached hydrogen (secondary N) is 1. The quantitative estimate of drug-likeness (QED) is 0.814. The minimum absolute atomic E-state index is 0.166. The van der Waals surface area contributed by atoms with Crippen LogP contribution in [0.3, 0.4) is 0 Å². The van der Waals surface area contributed by atoms with E-state index in [2.05, 4.69) is 35.6 Å². The third-order valence-electron chi connectivity index (χ3n) is 3.54. The molecule has 1 aromatic carbocycles. The molecule has 1 aliphatic heterocycles. The summed E-state index contributed by atoms with van der Waals surface area (Å²) in [4.78, 5) is 0. The first kappa shape index (κ1) is 11.6. The Morgan fingerprint density at radius 3 is 2.81 bits per heavy atom. The molecule has 1 aliphatic rings. The topological polar surface area (TPSA) is 32.3 Å². The zero-order chi connectivity index (χ0) is 11.4. The van der Waals surface area contributed by atoms with E-state index in [9.17, 15) is 5.11 Å². The van der Waals surface area contributed by atoms with Gasteiger partial charge in [-0.1, -0.05) is 30.3 Å². The van der Waals surface area contributed by atoms with E-state index in [0.29, 0.717) is 12.0 Å². The van der Waals surface area contributed by atoms with Crippen LogP contribution in [-0.2, 0) is 6.42 Å². The first-order chi connectivity index (χ1) is 7.75. The number of benzene rings is 1. The summed E-state index contributed by atoms with van der Waals surface area (Å²) in [6, 6.07) is 11.1. The maximum Gasteiger partial charge on any atom is 0.0541 e. The molecule has 1 heterocycles. The van der Waals surface area contributed by atoms with Gasteiger partial charge in [0.05, 0.1) is 6.10 Å². The Hall–Kier alpha value is -0.860. The predicted molar refractivity (Wildman–Crippen MR) is 66.3 cm³/mol.